The second-order valence-corrected chi connectivity index (χ2v) is 6.94. The van der Waals surface area contributed by atoms with Gasteiger partial charge in [0.1, 0.15) is 5.01 Å². The van der Waals surface area contributed by atoms with Crippen LogP contribution in [0.3, 0.4) is 0 Å². The van der Waals surface area contributed by atoms with Gasteiger partial charge in [-0.25, -0.2) is 4.98 Å². The number of thiazole rings is 1. The summed E-state index contributed by atoms with van der Waals surface area (Å²) >= 11 is 5.02. The first-order chi connectivity index (χ1) is 9.88. The summed E-state index contributed by atoms with van der Waals surface area (Å²) in [6, 6.07) is 7.44. The van der Waals surface area contributed by atoms with E-state index in [-0.39, 0.29) is 24.4 Å². The molecule has 2 rings (SSSR count). The van der Waals surface area contributed by atoms with Crippen molar-refractivity contribution in [1.29, 1.82) is 0 Å². The molecule has 1 unspecified atom stereocenters. The third kappa shape index (κ3) is 4.52. The lowest BCUT2D eigenvalue weighted by atomic mass is 10.2. The monoisotopic (exact) mass is 403 g/mol. The summed E-state index contributed by atoms with van der Waals surface area (Å²) in [6.45, 7) is 5.59. The van der Waals surface area contributed by atoms with Gasteiger partial charge in [0.2, 0.25) is 5.91 Å². The number of nitrogens with one attached hydrogen (secondary N) is 1. The first kappa shape index (κ1) is 19.1. The van der Waals surface area contributed by atoms with Crippen molar-refractivity contribution in [2.75, 3.05) is 0 Å². The quantitative estimate of drug-likeness (QED) is 0.814. The molecule has 0 saturated carbocycles. The Hall–Kier alpha value is -0.950. The van der Waals surface area contributed by atoms with Crippen LogP contribution in [0, 0.1) is 6.92 Å². The van der Waals surface area contributed by atoms with Gasteiger partial charge in [0, 0.05) is 10.0 Å². The second kappa shape index (κ2) is 8.06. The molecule has 22 heavy (non-hydrogen) atoms. The molecule has 0 bridgehead atoms. The van der Waals surface area contributed by atoms with Crippen LogP contribution in [0.25, 0.3) is 10.6 Å². The minimum atomic E-state index is -0.508. The lowest BCUT2D eigenvalue weighted by Crippen LogP contribution is -2.39. The topological polar surface area (TPSA) is 68.0 Å². The Bertz CT molecular complexity index is 643. The van der Waals surface area contributed by atoms with E-state index in [0.29, 0.717) is 0 Å². The highest BCUT2D eigenvalue weighted by molar-refractivity contribution is 9.10. The van der Waals surface area contributed by atoms with E-state index in [2.05, 4.69) is 26.2 Å². The number of aromatic nitrogens is 1. The van der Waals surface area contributed by atoms with E-state index in [0.717, 1.165) is 25.6 Å². The largest absolute Gasteiger partial charge is 0.347 e. The van der Waals surface area contributed by atoms with Crippen LogP contribution in [-0.2, 0) is 4.79 Å². The first-order valence-corrected chi connectivity index (χ1v) is 8.28. The van der Waals surface area contributed by atoms with E-state index < -0.39 is 6.04 Å². The van der Waals surface area contributed by atoms with Gasteiger partial charge >= 0.3 is 0 Å². The minimum Gasteiger partial charge on any atom is -0.347 e. The maximum atomic E-state index is 11.7. The number of carbonyl (C=O) groups excluding carboxylic acids is 1. The number of aryl methyl sites for hydroxylation is 1. The average Bonchev–Trinajstić information content (AvgIpc) is 2.81. The molecule has 0 aliphatic rings. The van der Waals surface area contributed by atoms with Gasteiger partial charge in [0.15, 0.2) is 0 Å². The normalized spacial score (nSPS) is 13.1. The standard InChI is InChI=1S/C15H18BrN3OS.ClH/c1-8(17)14(20)18-9(2)13-10(3)19-15(21-13)11-4-6-12(16)7-5-11;/h4-9H,17H2,1-3H3,(H,18,20);1H/t8-,9?;/m1./s1. The molecule has 0 spiro atoms. The summed E-state index contributed by atoms with van der Waals surface area (Å²) in [6.07, 6.45) is 0. The maximum absolute atomic E-state index is 11.7. The number of hydrogen-bond donors (Lipinski definition) is 2. The van der Waals surface area contributed by atoms with E-state index in [4.69, 9.17) is 5.73 Å². The lowest BCUT2D eigenvalue weighted by molar-refractivity contribution is -0.122. The summed E-state index contributed by atoms with van der Waals surface area (Å²) in [5, 5.41) is 3.86. The molecule has 4 nitrogen and oxygen atoms in total. The molecule has 1 amide bonds. The van der Waals surface area contributed by atoms with Crippen molar-refractivity contribution >= 4 is 45.6 Å². The number of carbonyl (C=O) groups is 1. The second-order valence-electron chi connectivity index (χ2n) is 4.99. The zero-order valence-electron chi connectivity index (χ0n) is 12.6. The molecule has 1 heterocycles. The van der Waals surface area contributed by atoms with Crippen molar-refractivity contribution < 1.29 is 4.79 Å². The van der Waals surface area contributed by atoms with Gasteiger partial charge in [-0.1, -0.05) is 28.1 Å². The number of rotatable bonds is 4. The highest BCUT2D eigenvalue weighted by Crippen LogP contribution is 2.32. The Kier molecular flexibility index (Phi) is 6.99. The number of benzene rings is 1. The van der Waals surface area contributed by atoms with Gasteiger partial charge in [-0.15, -0.1) is 23.7 Å². The van der Waals surface area contributed by atoms with Crippen LogP contribution >= 0.6 is 39.7 Å². The van der Waals surface area contributed by atoms with Crippen LogP contribution in [0.4, 0.5) is 0 Å². The van der Waals surface area contributed by atoms with Crippen LogP contribution in [0.5, 0.6) is 0 Å². The van der Waals surface area contributed by atoms with Crippen molar-refractivity contribution in [1.82, 2.24) is 10.3 Å². The van der Waals surface area contributed by atoms with E-state index in [1.807, 2.05) is 38.1 Å². The van der Waals surface area contributed by atoms with E-state index in [1.54, 1.807) is 18.3 Å². The average molecular weight is 405 g/mol. The predicted molar refractivity (Wildman–Crippen MR) is 97.4 cm³/mol. The van der Waals surface area contributed by atoms with Crippen LogP contribution in [-0.4, -0.2) is 16.9 Å². The summed E-state index contributed by atoms with van der Waals surface area (Å²) in [7, 11) is 0. The summed E-state index contributed by atoms with van der Waals surface area (Å²) < 4.78 is 1.04. The Morgan fingerprint density at radius 2 is 1.91 bits per heavy atom. The number of nitrogens with zero attached hydrogens (tertiary/aromatic N) is 1. The zero-order valence-corrected chi connectivity index (χ0v) is 15.8. The number of amides is 1. The molecule has 0 fully saturated rings. The number of nitrogens with two attached hydrogens (primary N) is 1. The van der Waals surface area contributed by atoms with Crippen molar-refractivity contribution in [3.05, 3.63) is 39.3 Å². The Labute approximate surface area is 149 Å². The summed E-state index contributed by atoms with van der Waals surface area (Å²) in [5.74, 6) is -0.152. The number of halogens is 2. The molecule has 120 valence electrons. The third-order valence-corrected chi connectivity index (χ3v) is 5.01. The van der Waals surface area contributed by atoms with Gasteiger partial charge in [-0.3, -0.25) is 4.79 Å². The third-order valence-electron chi connectivity index (χ3n) is 3.09. The predicted octanol–water partition coefficient (Wildman–Crippen LogP) is 3.83. The summed E-state index contributed by atoms with van der Waals surface area (Å²) in [4.78, 5) is 17.4. The van der Waals surface area contributed by atoms with Gasteiger partial charge in [-0.05, 0) is 32.9 Å². The van der Waals surface area contributed by atoms with E-state index in [9.17, 15) is 4.79 Å². The molecule has 1 aromatic carbocycles. The highest BCUT2D eigenvalue weighted by atomic mass is 79.9. The number of hydrogen-bond acceptors (Lipinski definition) is 4. The molecule has 0 aliphatic carbocycles. The fourth-order valence-electron chi connectivity index (χ4n) is 1.94. The molecule has 1 aromatic heterocycles. The zero-order chi connectivity index (χ0) is 15.6. The molecule has 0 saturated heterocycles. The van der Waals surface area contributed by atoms with Gasteiger partial charge < -0.3 is 11.1 Å². The van der Waals surface area contributed by atoms with E-state index >= 15 is 0 Å². The first-order valence-electron chi connectivity index (χ1n) is 6.67. The van der Waals surface area contributed by atoms with Crippen LogP contribution in [0.15, 0.2) is 28.7 Å². The van der Waals surface area contributed by atoms with Crippen molar-refractivity contribution in [3.63, 3.8) is 0 Å². The molecule has 7 heteroatoms. The maximum Gasteiger partial charge on any atom is 0.237 e. The molecular weight excluding hydrogens is 386 g/mol. The molecular formula is C15H19BrClN3OS. The smallest absolute Gasteiger partial charge is 0.237 e. The molecule has 0 radical (unpaired) electrons. The molecule has 3 N–H and O–H groups in total. The fourth-order valence-corrected chi connectivity index (χ4v) is 3.27. The Morgan fingerprint density at radius 1 is 1.32 bits per heavy atom. The minimum absolute atomic E-state index is 0. The van der Waals surface area contributed by atoms with Crippen LogP contribution < -0.4 is 11.1 Å². The highest BCUT2D eigenvalue weighted by Gasteiger charge is 2.18. The van der Waals surface area contributed by atoms with Crippen molar-refractivity contribution in [3.8, 4) is 10.6 Å². The van der Waals surface area contributed by atoms with Gasteiger partial charge in [0.25, 0.3) is 0 Å². The van der Waals surface area contributed by atoms with Crippen molar-refractivity contribution in [2.24, 2.45) is 5.73 Å². The fraction of sp³-hybridized carbons (Fsp3) is 0.333. The molecule has 2 aromatic rings. The lowest BCUT2D eigenvalue weighted by Gasteiger charge is -2.14. The Balaban J connectivity index is 0.00000242. The van der Waals surface area contributed by atoms with Crippen LogP contribution in [0.1, 0.15) is 30.5 Å². The summed E-state index contributed by atoms with van der Waals surface area (Å²) in [5.41, 5.74) is 7.59. The SMILES string of the molecule is Cc1nc(-c2ccc(Br)cc2)sc1C(C)NC(=O)[C@@H](C)N.Cl. The van der Waals surface area contributed by atoms with Crippen molar-refractivity contribution in [2.45, 2.75) is 32.9 Å². The molecule has 2 atom stereocenters. The van der Waals surface area contributed by atoms with Gasteiger partial charge in [0.05, 0.1) is 22.7 Å². The molecule has 0 aliphatic heterocycles. The van der Waals surface area contributed by atoms with E-state index in [1.165, 1.54) is 0 Å². The van der Waals surface area contributed by atoms with Crippen LogP contribution in [0.2, 0.25) is 0 Å². The van der Waals surface area contributed by atoms with Gasteiger partial charge in [-0.2, -0.15) is 0 Å². The Morgan fingerprint density at radius 3 is 2.45 bits per heavy atom.